The van der Waals surface area contributed by atoms with Crippen LogP contribution in [0.15, 0.2) is 46.7 Å². The summed E-state index contributed by atoms with van der Waals surface area (Å²) in [5.74, 6) is 0. The Morgan fingerprint density at radius 2 is 1.95 bits per heavy atom. The van der Waals surface area contributed by atoms with Crippen molar-refractivity contribution in [3.8, 4) is 0 Å². The van der Waals surface area contributed by atoms with Crippen LogP contribution >= 0.6 is 11.3 Å². The van der Waals surface area contributed by atoms with Crippen molar-refractivity contribution in [3.05, 3.63) is 46.7 Å². The number of hydrogen-bond donors (Lipinski definition) is 1. The molecule has 1 aromatic heterocycles. The number of nitrogens with one attached hydrogen (secondary N) is 1. The monoisotopic (exact) mass is 322 g/mol. The van der Waals surface area contributed by atoms with Gasteiger partial charge in [-0.15, -0.1) is 11.3 Å². The predicted octanol–water partition coefficient (Wildman–Crippen LogP) is 3.14. The first-order chi connectivity index (χ1) is 10.1. The van der Waals surface area contributed by atoms with Crippen LogP contribution in [0.4, 0.5) is 5.69 Å². The van der Waals surface area contributed by atoms with Gasteiger partial charge in [-0.3, -0.25) is 0 Å². The van der Waals surface area contributed by atoms with Gasteiger partial charge in [0, 0.05) is 30.2 Å². The van der Waals surface area contributed by atoms with Crippen LogP contribution in [0.25, 0.3) is 0 Å². The number of nitrogens with zero attached hydrogens (tertiary/aromatic N) is 1. The zero-order chi connectivity index (χ0) is 14.9. The first-order valence-corrected chi connectivity index (χ1v) is 9.25. The number of benzene rings is 1. The molecular formula is C15H18N2O2S2. The molecule has 0 bridgehead atoms. The molecule has 1 aromatic carbocycles. The highest BCUT2D eigenvalue weighted by molar-refractivity contribution is 7.89. The van der Waals surface area contributed by atoms with Crippen LogP contribution in [0.1, 0.15) is 17.7 Å². The largest absolute Gasteiger partial charge is 0.388 e. The van der Waals surface area contributed by atoms with Crippen molar-refractivity contribution in [2.24, 2.45) is 0 Å². The lowest BCUT2D eigenvalue weighted by Crippen LogP contribution is -2.32. The molecule has 1 saturated carbocycles. The van der Waals surface area contributed by atoms with Crippen LogP contribution in [0, 0.1) is 0 Å². The highest BCUT2D eigenvalue weighted by Gasteiger charge is 2.38. The van der Waals surface area contributed by atoms with E-state index in [0.29, 0.717) is 11.4 Å². The third kappa shape index (κ3) is 3.12. The van der Waals surface area contributed by atoms with Crippen molar-refractivity contribution >= 4 is 27.0 Å². The molecule has 0 aliphatic heterocycles. The van der Waals surface area contributed by atoms with Crippen LogP contribution in [0.5, 0.6) is 0 Å². The van der Waals surface area contributed by atoms with Crippen molar-refractivity contribution in [1.82, 2.24) is 4.31 Å². The van der Waals surface area contributed by atoms with Crippen molar-refractivity contribution in [2.45, 2.75) is 30.3 Å². The molecule has 0 amide bonds. The van der Waals surface area contributed by atoms with E-state index in [1.807, 2.05) is 24.6 Å². The van der Waals surface area contributed by atoms with Gasteiger partial charge in [-0.25, -0.2) is 8.42 Å². The number of sulfonamides is 1. The molecule has 21 heavy (non-hydrogen) atoms. The maximum absolute atomic E-state index is 12.8. The lowest BCUT2D eigenvalue weighted by atomic mass is 10.3. The minimum Gasteiger partial charge on any atom is -0.388 e. The number of anilines is 1. The quantitative estimate of drug-likeness (QED) is 0.889. The summed E-state index contributed by atoms with van der Waals surface area (Å²) in [4.78, 5) is 1.45. The van der Waals surface area contributed by atoms with E-state index in [4.69, 9.17) is 0 Å². The minimum atomic E-state index is -3.43. The molecule has 1 aliphatic rings. The van der Waals surface area contributed by atoms with E-state index in [1.54, 1.807) is 39.9 Å². The Morgan fingerprint density at radius 1 is 1.24 bits per heavy atom. The van der Waals surface area contributed by atoms with Gasteiger partial charge in [0.2, 0.25) is 10.0 Å². The minimum absolute atomic E-state index is 0.154. The van der Waals surface area contributed by atoms with Crippen molar-refractivity contribution in [2.75, 3.05) is 12.4 Å². The average Bonchev–Trinajstić information content (AvgIpc) is 3.20. The maximum Gasteiger partial charge on any atom is 0.243 e. The zero-order valence-corrected chi connectivity index (χ0v) is 13.5. The molecule has 6 heteroatoms. The van der Waals surface area contributed by atoms with E-state index in [0.717, 1.165) is 23.4 Å². The van der Waals surface area contributed by atoms with E-state index in [1.165, 1.54) is 0 Å². The second-order valence-electron chi connectivity index (χ2n) is 5.14. The second kappa shape index (κ2) is 5.79. The topological polar surface area (TPSA) is 49.4 Å². The molecule has 0 unspecified atom stereocenters. The smallest absolute Gasteiger partial charge is 0.243 e. The van der Waals surface area contributed by atoms with E-state index in [-0.39, 0.29) is 6.04 Å². The summed E-state index contributed by atoms with van der Waals surface area (Å²) in [5, 5.41) is 4.98. The fourth-order valence-corrected chi connectivity index (χ4v) is 4.71. The van der Waals surface area contributed by atoms with Gasteiger partial charge >= 0.3 is 0 Å². The third-order valence-electron chi connectivity index (χ3n) is 3.60. The van der Waals surface area contributed by atoms with Crippen molar-refractivity contribution in [3.63, 3.8) is 0 Å². The van der Waals surface area contributed by atoms with E-state index in [9.17, 15) is 8.42 Å². The Labute approximate surface area is 129 Å². The summed E-state index contributed by atoms with van der Waals surface area (Å²) in [6.45, 7) is 0.471. The van der Waals surface area contributed by atoms with Gasteiger partial charge < -0.3 is 5.32 Å². The van der Waals surface area contributed by atoms with E-state index >= 15 is 0 Å². The van der Waals surface area contributed by atoms with Crippen LogP contribution in [-0.2, 0) is 16.6 Å². The molecular weight excluding hydrogens is 304 g/mol. The molecule has 0 saturated heterocycles. The molecule has 4 nitrogen and oxygen atoms in total. The van der Waals surface area contributed by atoms with Gasteiger partial charge in [-0.05, 0) is 48.6 Å². The maximum atomic E-state index is 12.8. The SMILES string of the molecule is CNc1ccc(S(=O)(=O)N(Cc2cccs2)C2CC2)cc1. The summed E-state index contributed by atoms with van der Waals surface area (Å²) in [5.41, 5.74) is 0.908. The molecule has 2 aromatic rings. The summed E-state index contributed by atoms with van der Waals surface area (Å²) < 4.78 is 27.3. The lowest BCUT2D eigenvalue weighted by molar-refractivity contribution is 0.401. The Morgan fingerprint density at radius 3 is 2.48 bits per heavy atom. The predicted molar refractivity (Wildman–Crippen MR) is 86.1 cm³/mol. The van der Waals surface area contributed by atoms with Gasteiger partial charge in [-0.1, -0.05) is 6.07 Å². The Bertz CT molecular complexity index is 690. The first kappa shape index (κ1) is 14.6. The standard InChI is InChI=1S/C15H18N2O2S2/c1-16-12-4-8-15(9-5-12)21(18,19)17(13-6-7-13)11-14-3-2-10-20-14/h2-5,8-10,13,16H,6-7,11H2,1H3. The molecule has 112 valence electrons. The van der Waals surface area contributed by atoms with Gasteiger partial charge in [0.05, 0.1) is 4.90 Å². The third-order valence-corrected chi connectivity index (χ3v) is 6.37. The summed E-state index contributed by atoms with van der Waals surface area (Å²) in [7, 11) is -1.61. The average molecular weight is 322 g/mol. The number of rotatable bonds is 6. The molecule has 0 atom stereocenters. The molecule has 1 N–H and O–H groups in total. The number of thiophene rings is 1. The summed E-state index contributed by atoms with van der Waals surface area (Å²) in [6.07, 6.45) is 1.92. The molecule has 1 heterocycles. The van der Waals surface area contributed by atoms with Crippen LogP contribution in [-0.4, -0.2) is 25.8 Å². The number of hydrogen-bond acceptors (Lipinski definition) is 4. The Balaban J connectivity index is 1.89. The Kier molecular flexibility index (Phi) is 4.01. The van der Waals surface area contributed by atoms with Crippen molar-refractivity contribution < 1.29 is 8.42 Å². The van der Waals surface area contributed by atoms with Crippen LogP contribution in [0.2, 0.25) is 0 Å². The fourth-order valence-electron chi connectivity index (χ4n) is 2.26. The molecule has 0 spiro atoms. The van der Waals surface area contributed by atoms with Gasteiger partial charge in [0.15, 0.2) is 0 Å². The normalized spacial score (nSPS) is 15.3. The molecule has 1 aliphatic carbocycles. The van der Waals surface area contributed by atoms with E-state index in [2.05, 4.69) is 5.32 Å². The molecule has 1 fully saturated rings. The zero-order valence-electron chi connectivity index (χ0n) is 11.8. The highest BCUT2D eigenvalue weighted by atomic mass is 32.2. The summed E-state index contributed by atoms with van der Waals surface area (Å²) in [6, 6.07) is 11.0. The second-order valence-corrected chi connectivity index (χ2v) is 8.06. The van der Waals surface area contributed by atoms with Crippen molar-refractivity contribution in [1.29, 1.82) is 0 Å². The molecule has 3 rings (SSSR count). The lowest BCUT2D eigenvalue weighted by Gasteiger charge is -2.21. The van der Waals surface area contributed by atoms with Gasteiger partial charge in [-0.2, -0.15) is 4.31 Å². The van der Waals surface area contributed by atoms with Crippen LogP contribution < -0.4 is 5.32 Å². The van der Waals surface area contributed by atoms with Gasteiger partial charge in [0.25, 0.3) is 0 Å². The van der Waals surface area contributed by atoms with E-state index < -0.39 is 10.0 Å². The summed E-state index contributed by atoms with van der Waals surface area (Å²) >= 11 is 1.60. The van der Waals surface area contributed by atoms with Crippen LogP contribution in [0.3, 0.4) is 0 Å². The highest BCUT2D eigenvalue weighted by Crippen LogP contribution is 2.34. The Hall–Kier alpha value is -1.37. The fraction of sp³-hybridized carbons (Fsp3) is 0.333. The van der Waals surface area contributed by atoms with Gasteiger partial charge in [0.1, 0.15) is 0 Å². The molecule has 0 radical (unpaired) electrons. The first-order valence-electron chi connectivity index (χ1n) is 6.93.